The molecule has 2 heterocycles. The molecule has 0 radical (unpaired) electrons. The molecular formula is C32H27NO6. The van der Waals surface area contributed by atoms with Gasteiger partial charge in [0.15, 0.2) is 23.0 Å². The van der Waals surface area contributed by atoms with Crippen molar-refractivity contribution in [2.24, 2.45) is 0 Å². The number of hydrogen-bond donors (Lipinski definition) is 1. The van der Waals surface area contributed by atoms with Gasteiger partial charge in [-0.05, 0) is 47.0 Å². The SMILES string of the molecule is COc1cc(C2C(C(=O)/C=C/c3ccccc3)=C(O)C(=O)N2Cc2ccco2)ccc1OCc1ccccc1. The molecule has 39 heavy (non-hydrogen) atoms. The van der Waals surface area contributed by atoms with Crippen molar-refractivity contribution in [1.82, 2.24) is 4.90 Å². The highest BCUT2D eigenvalue weighted by Crippen LogP contribution is 2.42. The van der Waals surface area contributed by atoms with Crippen molar-refractivity contribution in [1.29, 1.82) is 0 Å². The van der Waals surface area contributed by atoms with Gasteiger partial charge < -0.3 is 23.9 Å². The number of furan rings is 1. The van der Waals surface area contributed by atoms with Crippen molar-refractivity contribution in [2.45, 2.75) is 19.2 Å². The molecule has 7 heteroatoms. The lowest BCUT2D eigenvalue weighted by atomic mass is 9.95. The summed E-state index contributed by atoms with van der Waals surface area (Å²) in [6, 6.07) is 26.9. The van der Waals surface area contributed by atoms with Crippen LogP contribution < -0.4 is 9.47 Å². The van der Waals surface area contributed by atoms with Gasteiger partial charge in [-0.3, -0.25) is 9.59 Å². The number of amides is 1. The zero-order valence-corrected chi connectivity index (χ0v) is 21.3. The van der Waals surface area contributed by atoms with Crippen molar-refractivity contribution < 1.29 is 28.6 Å². The van der Waals surface area contributed by atoms with E-state index in [0.717, 1.165) is 11.1 Å². The van der Waals surface area contributed by atoms with E-state index in [-0.39, 0.29) is 12.1 Å². The molecule has 1 aliphatic rings. The van der Waals surface area contributed by atoms with Gasteiger partial charge in [-0.2, -0.15) is 0 Å². The first-order valence-corrected chi connectivity index (χ1v) is 12.4. The molecule has 3 aromatic carbocycles. The molecule has 7 nitrogen and oxygen atoms in total. The van der Waals surface area contributed by atoms with Crippen LogP contribution in [0.5, 0.6) is 11.5 Å². The summed E-state index contributed by atoms with van der Waals surface area (Å²) >= 11 is 0. The van der Waals surface area contributed by atoms with E-state index in [1.807, 2.05) is 60.7 Å². The zero-order chi connectivity index (χ0) is 27.2. The number of methoxy groups -OCH3 is 1. The lowest BCUT2D eigenvalue weighted by Crippen LogP contribution is -2.30. The van der Waals surface area contributed by atoms with Gasteiger partial charge in [0, 0.05) is 0 Å². The third-order valence-corrected chi connectivity index (χ3v) is 6.44. The number of hydrogen-bond acceptors (Lipinski definition) is 6. The highest BCUT2D eigenvalue weighted by Gasteiger charge is 2.43. The fourth-order valence-corrected chi connectivity index (χ4v) is 4.52. The maximum absolute atomic E-state index is 13.4. The predicted octanol–water partition coefficient (Wildman–Crippen LogP) is 6.05. The number of carbonyl (C=O) groups is 2. The number of aliphatic hydroxyl groups is 1. The lowest BCUT2D eigenvalue weighted by Gasteiger charge is -2.26. The van der Waals surface area contributed by atoms with Gasteiger partial charge in [-0.25, -0.2) is 0 Å². The first-order chi connectivity index (χ1) is 19.0. The first-order valence-electron chi connectivity index (χ1n) is 12.4. The van der Waals surface area contributed by atoms with Crippen LogP contribution in [0.2, 0.25) is 0 Å². The Morgan fingerprint density at radius 1 is 0.974 bits per heavy atom. The highest BCUT2D eigenvalue weighted by molar-refractivity contribution is 6.14. The summed E-state index contributed by atoms with van der Waals surface area (Å²) in [7, 11) is 1.52. The van der Waals surface area contributed by atoms with Gasteiger partial charge in [-0.15, -0.1) is 0 Å². The Balaban J connectivity index is 1.49. The average molecular weight is 522 g/mol. The Morgan fingerprint density at radius 3 is 2.41 bits per heavy atom. The molecule has 0 fully saturated rings. The summed E-state index contributed by atoms with van der Waals surface area (Å²) in [6.45, 7) is 0.409. The molecule has 5 rings (SSSR count). The zero-order valence-electron chi connectivity index (χ0n) is 21.3. The number of rotatable bonds is 10. The minimum Gasteiger partial charge on any atom is -0.503 e. The monoisotopic (exact) mass is 521 g/mol. The number of aliphatic hydroxyl groups excluding tert-OH is 1. The molecule has 1 N–H and O–H groups in total. The van der Waals surface area contributed by atoms with Crippen LogP contribution in [0.15, 0.2) is 119 Å². The molecule has 4 aromatic rings. The van der Waals surface area contributed by atoms with Crippen LogP contribution in [0.4, 0.5) is 0 Å². The first kappa shape index (κ1) is 25.6. The van der Waals surface area contributed by atoms with E-state index in [1.54, 1.807) is 36.4 Å². The minimum atomic E-state index is -0.868. The minimum absolute atomic E-state index is 0.0151. The predicted molar refractivity (Wildman–Crippen MR) is 146 cm³/mol. The van der Waals surface area contributed by atoms with Crippen molar-refractivity contribution in [3.8, 4) is 11.5 Å². The molecule has 1 aromatic heterocycles. The molecular weight excluding hydrogens is 494 g/mol. The second-order valence-corrected chi connectivity index (χ2v) is 8.97. The number of carbonyl (C=O) groups excluding carboxylic acids is 2. The summed E-state index contributed by atoms with van der Waals surface area (Å²) < 4.78 is 17.1. The van der Waals surface area contributed by atoms with Gasteiger partial charge >= 0.3 is 0 Å². The van der Waals surface area contributed by atoms with E-state index < -0.39 is 23.5 Å². The third-order valence-electron chi connectivity index (χ3n) is 6.44. The summed E-state index contributed by atoms with van der Waals surface area (Å²) in [5.74, 6) is -0.248. The van der Waals surface area contributed by atoms with Crippen LogP contribution in [0.1, 0.15) is 28.5 Å². The molecule has 0 aliphatic carbocycles. The van der Waals surface area contributed by atoms with Crippen LogP contribution in [0.3, 0.4) is 0 Å². The Bertz CT molecular complexity index is 1510. The number of ether oxygens (including phenoxy) is 2. The highest BCUT2D eigenvalue weighted by atomic mass is 16.5. The third kappa shape index (κ3) is 5.62. The van der Waals surface area contributed by atoms with Crippen LogP contribution in [-0.2, 0) is 22.7 Å². The maximum atomic E-state index is 13.4. The van der Waals surface area contributed by atoms with Gasteiger partial charge in [0.25, 0.3) is 5.91 Å². The van der Waals surface area contributed by atoms with E-state index in [2.05, 4.69) is 0 Å². The summed E-state index contributed by atoms with van der Waals surface area (Å²) in [5.41, 5.74) is 2.39. The van der Waals surface area contributed by atoms with Gasteiger partial charge in [0.2, 0.25) is 0 Å². The standard InChI is InChI=1S/C32H27NO6/c1-37-28-19-24(15-17-27(28)39-21-23-11-6-3-7-12-23)30-29(26(34)16-14-22-9-4-2-5-10-22)31(35)32(36)33(30)20-25-13-8-18-38-25/h2-19,30,35H,20-21H2,1H3/b16-14+. The van der Waals surface area contributed by atoms with Crippen LogP contribution in [0, 0.1) is 0 Å². The lowest BCUT2D eigenvalue weighted by molar-refractivity contribution is -0.130. The largest absolute Gasteiger partial charge is 0.503 e. The molecule has 1 amide bonds. The molecule has 0 bridgehead atoms. The normalized spacial score (nSPS) is 15.3. The maximum Gasteiger partial charge on any atom is 0.290 e. The molecule has 1 aliphatic heterocycles. The van der Waals surface area contributed by atoms with E-state index in [9.17, 15) is 14.7 Å². The Morgan fingerprint density at radius 2 is 1.72 bits per heavy atom. The van der Waals surface area contributed by atoms with Crippen molar-refractivity contribution in [3.63, 3.8) is 0 Å². The van der Waals surface area contributed by atoms with E-state index in [0.29, 0.717) is 29.4 Å². The summed E-state index contributed by atoms with van der Waals surface area (Å²) in [5, 5.41) is 10.9. The molecule has 1 unspecified atom stereocenters. The Labute approximate surface area is 226 Å². The van der Waals surface area contributed by atoms with Crippen molar-refractivity contribution in [3.05, 3.63) is 137 Å². The van der Waals surface area contributed by atoms with E-state index in [1.165, 1.54) is 24.3 Å². The topological polar surface area (TPSA) is 89.2 Å². The molecule has 0 spiro atoms. The van der Waals surface area contributed by atoms with E-state index in [4.69, 9.17) is 13.9 Å². The number of allylic oxidation sites excluding steroid dienone is 1. The van der Waals surface area contributed by atoms with E-state index >= 15 is 0 Å². The Kier molecular flexibility index (Phi) is 7.59. The smallest absolute Gasteiger partial charge is 0.290 e. The van der Waals surface area contributed by atoms with Gasteiger partial charge in [0.05, 0.1) is 31.5 Å². The van der Waals surface area contributed by atoms with Gasteiger partial charge in [-0.1, -0.05) is 72.8 Å². The molecule has 1 atom stereocenters. The fourth-order valence-electron chi connectivity index (χ4n) is 4.52. The van der Waals surface area contributed by atoms with Crippen molar-refractivity contribution >= 4 is 17.8 Å². The Hall–Kier alpha value is -5.04. The average Bonchev–Trinajstić information content (AvgIpc) is 3.58. The number of benzene rings is 3. The van der Waals surface area contributed by atoms with Crippen LogP contribution >= 0.6 is 0 Å². The molecule has 196 valence electrons. The second-order valence-electron chi connectivity index (χ2n) is 8.97. The van der Waals surface area contributed by atoms with Crippen molar-refractivity contribution in [2.75, 3.05) is 7.11 Å². The fraction of sp³-hybridized carbons (Fsp3) is 0.125. The van der Waals surface area contributed by atoms with Crippen LogP contribution in [0.25, 0.3) is 6.08 Å². The quantitative estimate of drug-likeness (QED) is 0.256. The van der Waals surface area contributed by atoms with Gasteiger partial charge in [0.1, 0.15) is 12.4 Å². The summed E-state index contributed by atoms with van der Waals surface area (Å²) in [4.78, 5) is 28.1. The summed E-state index contributed by atoms with van der Waals surface area (Å²) in [6.07, 6.45) is 4.53. The second kappa shape index (κ2) is 11.6. The molecule has 0 saturated heterocycles. The number of nitrogens with zero attached hydrogens (tertiary/aromatic N) is 1. The molecule has 0 saturated carbocycles. The van der Waals surface area contributed by atoms with Crippen LogP contribution in [-0.4, -0.2) is 28.8 Å². The number of ketones is 1.